The molecule has 2 heterocycles. The molecule has 4 nitrogen and oxygen atoms in total. The van der Waals surface area contributed by atoms with E-state index in [-0.39, 0.29) is 18.3 Å². The van der Waals surface area contributed by atoms with Crippen molar-refractivity contribution >= 4 is 5.91 Å². The predicted molar refractivity (Wildman–Crippen MR) is 75.5 cm³/mol. The summed E-state index contributed by atoms with van der Waals surface area (Å²) >= 11 is 0. The van der Waals surface area contributed by atoms with Gasteiger partial charge in [0, 0.05) is 12.2 Å². The Morgan fingerprint density at radius 3 is 3.00 bits per heavy atom. The van der Waals surface area contributed by atoms with Gasteiger partial charge in [0.15, 0.2) is 0 Å². The zero-order chi connectivity index (χ0) is 14.9. The molecule has 5 heteroatoms. The van der Waals surface area contributed by atoms with Crippen LogP contribution < -0.4 is 4.74 Å². The van der Waals surface area contributed by atoms with Crippen molar-refractivity contribution in [1.29, 1.82) is 0 Å². The number of benzene rings is 1. The van der Waals surface area contributed by atoms with E-state index in [1.807, 2.05) is 6.92 Å². The molecule has 1 fully saturated rings. The minimum absolute atomic E-state index is 0.0295. The Hall–Kier alpha value is -1.62. The molecule has 1 unspecified atom stereocenters. The van der Waals surface area contributed by atoms with E-state index in [9.17, 15) is 9.18 Å². The van der Waals surface area contributed by atoms with Gasteiger partial charge < -0.3 is 14.4 Å². The first-order valence-corrected chi connectivity index (χ1v) is 7.37. The lowest BCUT2D eigenvalue weighted by molar-refractivity contribution is -0.149. The molecule has 1 saturated heterocycles. The minimum atomic E-state index is -0.506. The fourth-order valence-corrected chi connectivity index (χ4v) is 3.02. The van der Waals surface area contributed by atoms with Gasteiger partial charge in [0.2, 0.25) is 5.91 Å². The first-order valence-electron chi connectivity index (χ1n) is 7.37. The number of halogens is 1. The topological polar surface area (TPSA) is 38.8 Å². The molecule has 0 spiro atoms. The Balaban J connectivity index is 1.83. The molecule has 0 aliphatic carbocycles. The lowest BCUT2D eigenvalue weighted by Gasteiger charge is -2.36. The van der Waals surface area contributed by atoms with E-state index in [0.29, 0.717) is 37.7 Å². The first kappa shape index (κ1) is 14.3. The molecule has 21 heavy (non-hydrogen) atoms. The number of rotatable bonds is 1. The highest BCUT2D eigenvalue weighted by Crippen LogP contribution is 2.33. The SMILES string of the molecule is CC1(C(=O)N2CCOc3cccc(F)c3C2)CCCOC1. The number of carbonyl (C=O) groups excluding carboxylic acids is 1. The maximum Gasteiger partial charge on any atom is 0.231 e. The van der Waals surface area contributed by atoms with Gasteiger partial charge in [0.1, 0.15) is 18.2 Å². The van der Waals surface area contributed by atoms with Crippen LogP contribution in [0.2, 0.25) is 0 Å². The van der Waals surface area contributed by atoms with Crippen LogP contribution in [0, 0.1) is 11.2 Å². The summed E-state index contributed by atoms with van der Waals surface area (Å²) in [4.78, 5) is 14.5. The van der Waals surface area contributed by atoms with Gasteiger partial charge in [-0.1, -0.05) is 6.07 Å². The van der Waals surface area contributed by atoms with Gasteiger partial charge in [-0.25, -0.2) is 4.39 Å². The van der Waals surface area contributed by atoms with Crippen LogP contribution in [0.5, 0.6) is 5.75 Å². The number of hydrogen-bond acceptors (Lipinski definition) is 3. The van der Waals surface area contributed by atoms with Gasteiger partial charge in [0.25, 0.3) is 0 Å². The van der Waals surface area contributed by atoms with Crippen molar-refractivity contribution in [3.05, 3.63) is 29.6 Å². The highest BCUT2D eigenvalue weighted by Gasteiger charge is 2.39. The highest BCUT2D eigenvalue weighted by atomic mass is 19.1. The van der Waals surface area contributed by atoms with Crippen LogP contribution in [-0.4, -0.2) is 37.2 Å². The van der Waals surface area contributed by atoms with Crippen LogP contribution in [-0.2, 0) is 16.1 Å². The summed E-state index contributed by atoms with van der Waals surface area (Å²) in [5, 5.41) is 0. The standard InChI is InChI=1S/C16H20FNO3/c1-16(6-3-8-20-11-16)15(19)18-7-9-21-14-5-2-4-13(17)12(14)10-18/h2,4-5H,3,6-11H2,1H3. The molecule has 0 bridgehead atoms. The predicted octanol–water partition coefficient (Wildman–Crippen LogP) is 2.36. The molecule has 0 saturated carbocycles. The van der Waals surface area contributed by atoms with E-state index in [0.717, 1.165) is 12.8 Å². The fourth-order valence-electron chi connectivity index (χ4n) is 3.02. The number of fused-ring (bicyclic) bond motifs is 1. The molecule has 2 aliphatic heterocycles. The lowest BCUT2D eigenvalue weighted by Crippen LogP contribution is -2.47. The van der Waals surface area contributed by atoms with Crippen LogP contribution in [0.25, 0.3) is 0 Å². The summed E-state index contributed by atoms with van der Waals surface area (Å²) in [6.07, 6.45) is 1.70. The molecule has 1 amide bonds. The van der Waals surface area contributed by atoms with Crippen molar-refractivity contribution in [1.82, 2.24) is 4.90 Å². The number of amides is 1. The molecule has 0 aromatic heterocycles. The Morgan fingerprint density at radius 1 is 1.38 bits per heavy atom. The van der Waals surface area contributed by atoms with Gasteiger partial charge in [-0.15, -0.1) is 0 Å². The van der Waals surface area contributed by atoms with E-state index in [2.05, 4.69) is 0 Å². The first-order chi connectivity index (χ1) is 10.1. The van der Waals surface area contributed by atoms with Crippen LogP contribution in [0.15, 0.2) is 18.2 Å². The molecular weight excluding hydrogens is 273 g/mol. The van der Waals surface area contributed by atoms with Crippen LogP contribution >= 0.6 is 0 Å². The number of hydrogen-bond donors (Lipinski definition) is 0. The third kappa shape index (κ3) is 2.75. The maximum absolute atomic E-state index is 14.0. The summed E-state index contributed by atoms with van der Waals surface area (Å²) < 4.78 is 25.0. The Labute approximate surface area is 123 Å². The maximum atomic E-state index is 14.0. The monoisotopic (exact) mass is 293 g/mol. The Morgan fingerprint density at radius 2 is 2.24 bits per heavy atom. The Bertz CT molecular complexity index is 540. The number of ether oxygens (including phenoxy) is 2. The van der Waals surface area contributed by atoms with Crippen molar-refractivity contribution < 1.29 is 18.7 Å². The quantitative estimate of drug-likeness (QED) is 0.798. The second-order valence-corrected chi connectivity index (χ2v) is 6.01. The summed E-state index contributed by atoms with van der Waals surface area (Å²) in [5.41, 5.74) is -0.0442. The average molecular weight is 293 g/mol. The van der Waals surface area contributed by atoms with Crippen molar-refractivity contribution in [3.63, 3.8) is 0 Å². The molecular formula is C16H20FNO3. The van der Waals surface area contributed by atoms with E-state index >= 15 is 0 Å². The van der Waals surface area contributed by atoms with Crippen molar-refractivity contribution in [3.8, 4) is 5.75 Å². The molecule has 2 aliphatic rings. The summed E-state index contributed by atoms with van der Waals surface area (Å²) in [6.45, 7) is 4.21. The summed E-state index contributed by atoms with van der Waals surface area (Å²) in [6, 6.07) is 4.78. The molecule has 0 radical (unpaired) electrons. The summed E-state index contributed by atoms with van der Waals surface area (Å²) in [7, 11) is 0. The molecule has 1 aromatic carbocycles. The molecule has 114 valence electrons. The number of carbonyl (C=O) groups is 1. The summed E-state index contributed by atoms with van der Waals surface area (Å²) in [5.74, 6) is 0.245. The van der Waals surface area contributed by atoms with E-state index < -0.39 is 5.41 Å². The smallest absolute Gasteiger partial charge is 0.231 e. The van der Waals surface area contributed by atoms with E-state index in [4.69, 9.17) is 9.47 Å². The normalized spacial score (nSPS) is 25.7. The van der Waals surface area contributed by atoms with Crippen molar-refractivity contribution in [2.45, 2.75) is 26.3 Å². The number of nitrogens with zero attached hydrogens (tertiary/aromatic N) is 1. The van der Waals surface area contributed by atoms with Gasteiger partial charge in [0.05, 0.1) is 25.1 Å². The van der Waals surface area contributed by atoms with E-state index in [1.54, 1.807) is 17.0 Å². The minimum Gasteiger partial charge on any atom is -0.491 e. The zero-order valence-electron chi connectivity index (χ0n) is 12.2. The fraction of sp³-hybridized carbons (Fsp3) is 0.562. The average Bonchev–Trinajstić information content (AvgIpc) is 2.70. The molecule has 1 atom stereocenters. The highest BCUT2D eigenvalue weighted by molar-refractivity contribution is 5.82. The van der Waals surface area contributed by atoms with Crippen molar-refractivity contribution in [2.75, 3.05) is 26.4 Å². The zero-order valence-corrected chi connectivity index (χ0v) is 12.2. The van der Waals surface area contributed by atoms with Gasteiger partial charge in [-0.2, -0.15) is 0 Å². The molecule has 0 N–H and O–H groups in total. The molecule has 1 aromatic rings. The Kier molecular flexibility index (Phi) is 3.85. The van der Waals surface area contributed by atoms with Gasteiger partial charge in [-0.05, 0) is 31.9 Å². The van der Waals surface area contributed by atoms with Crippen LogP contribution in [0.1, 0.15) is 25.3 Å². The van der Waals surface area contributed by atoms with Crippen molar-refractivity contribution in [2.24, 2.45) is 5.41 Å². The van der Waals surface area contributed by atoms with E-state index in [1.165, 1.54) is 6.07 Å². The van der Waals surface area contributed by atoms with Crippen LogP contribution in [0.4, 0.5) is 4.39 Å². The van der Waals surface area contributed by atoms with Crippen LogP contribution in [0.3, 0.4) is 0 Å². The van der Waals surface area contributed by atoms with Gasteiger partial charge in [-0.3, -0.25) is 4.79 Å². The second-order valence-electron chi connectivity index (χ2n) is 6.01. The lowest BCUT2D eigenvalue weighted by atomic mass is 9.83. The molecule has 3 rings (SSSR count). The van der Waals surface area contributed by atoms with Gasteiger partial charge >= 0.3 is 0 Å². The third-order valence-corrected chi connectivity index (χ3v) is 4.29. The third-order valence-electron chi connectivity index (χ3n) is 4.29. The largest absolute Gasteiger partial charge is 0.491 e. The second kappa shape index (κ2) is 5.64.